The van der Waals surface area contributed by atoms with Crippen molar-refractivity contribution in [3.8, 4) is 62.1 Å². The molecule has 9 aromatic carbocycles. The Balaban J connectivity index is 0.940. The van der Waals surface area contributed by atoms with Crippen LogP contribution in [0.3, 0.4) is 0 Å². The molecule has 0 saturated carbocycles. The molecule has 0 spiro atoms. The molecule has 4 heterocycles. The molecule has 294 valence electrons. The van der Waals surface area contributed by atoms with Gasteiger partial charge in [0.25, 0.3) is 0 Å². The number of thiophene rings is 1. The minimum absolute atomic E-state index is 0.594. The van der Waals surface area contributed by atoms with Gasteiger partial charge < -0.3 is 8.98 Å². The van der Waals surface area contributed by atoms with Gasteiger partial charge in [0.1, 0.15) is 11.2 Å². The van der Waals surface area contributed by atoms with Crippen LogP contribution in [-0.4, -0.2) is 19.5 Å². The highest BCUT2D eigenvalue weighted by molar-refractivity contribution is 7.26. The predicted molar refractivity (Wildman–Crippen MR) is 262 cm³/mol. The lowest BCUT2D eigenvalue weighted by Crippen LogP contribution is -2.00. The fourth-order valence-electron chi connectivity index (χ4n) is 9.36. The van der Waals surface area contributed by atoms with E-state index in [-0.39, 0.29) is 0 Å². The lowest BCUT2D eigenvalue weighted by molar-refractivity contribution is 0.668. The van der Waals surface area contributed by atoms with Crippen molar-refractivity contribution in [1.82, 2.24) is 19.5 Å². The van der Waals surface area contributed by atoms with E-state index in [4.69, 9.17) is 19.4 Å². The van der Waals surface area contributed by atoms with Crippen molar-refractivity contribution >= 4 is 75.3 Å². The maximum atomic E-state index is 6.67. The van der Waals surface area contributed by atoms with E-state index in [0.717, 1.165) is 55.3 Å². The van der Waals surface area contributed by atoms with Gasteiger partial charge in [-0.05, 0) is 64.7 Å². The first-order chi connectivity index (χ1) is 31.2. The van der Waals surface area contributed by atoms with Crippen LogP contribution in [0.2, 0.25) is 0 Å². The maximum Gasteiger partial charge on any atom is 0.164 e. The van der Waals surface area contributed by atoms with Crippen LogP contribution in [0.1, 0.15) is 0 Å². The zero-order valence-electron chi connectivity index (χ0n) is 33.7. The van der Waals surface area contributed by atoms with E-state index < -0.39 is 0 Å². The average Bonchev–Trinajstić information content (AvgIpc) is 4.03. The van der Waals surface area contributed by atoms with Crippen LogP contribution in [0.25, 0.3) is 126 Å². The SMILES string of the molecule is c1ccc(-c2ccc(-c3cccc4sc5cc(-c6nc(-c7ccccc7)nc(-c7cccc8oc9cc(-n%10c%11ccccc%11c%11ccccc%11%10)ccc9c78)n6)ccc5c34)cc2)cc1. The van der Waals surface area contributed by atoms with Gasteiger partial charge in [-0.25, -0.2) is 15.0 Å². The van der Waals surface area contributed by atoms with Gasteiger partial charge in [-0.2, -0.15) is 0 Å². The second-order valence-electron chi connectivity index (χ2n) is 15.9. The zero-order chi connectivity index (χ0) is 41.4. The van der Waals surface area contributed by atoms with E-state index in [1.54, 1.807) is 11.3 Å². The van der Waals surface area contributed by atoms with Crippen molar-refractivity contribution in [2.24, 2.45) is 0 Å². The smallest absolute Gasteiger partial charge is 0.164 e. The summed E-state index contributed by atoms with van der Waals surface area (Å²) < 4.78 is 11.4. The average molecular weight is 823 g/mol. The molecule has 6 heteroatoms. The van der Waals surface area contributed by atoms with Gasteiger partial charge in [-0.3, -0.25) is 0 Å². The normalized spacial score (nSPS) is 11.8. The highest BCUT2D eigenvalue weighted by atomic mass is 32.1. The van der Waals surface area contributed by atoms with Gasteiger partial charge in [0, 0.05) is 70.2 Å². The van der Waals surface area contributed by atoms with E-state index in [1.165, 1.54) is 53.2 Å². The number of rotatable bonds is 6. The van der Waals surface area contributed by atoms with Crippen LogP contribution >= 0.6 is 11.3 Å². The number of para-hydroxylation sites is 2. The van der Waals surface area contributed by atoms with E-state index in [1.807, 2.05) is 30.3 Å². The summed E-state index contributed by atoms with van der Waals surface area (Å²) in [7, 11) is 0. The van der Waals surface area contributed by atoms with Crippen molar-refractivity contribution in [3.05, 3.63) is 206 Å². The van der Waals surface area contributed by atoms with E-state index in [9.17, 15) is 0 Å². The van der Waals surface area contributed by atoms with Gasteiger partial charge in [0.15, 0.2) is 17.5 Å². The molecule has 4 aromatic heterocycles. The fraction of sp³-hybridized carbons (Fsp3) is 0. The monoisotopic (exact) mass is 822 g/mol. The first-order valence-corrected chi connectivity index (χ1v) is 21.9. The molecule has 63 heavy (non-hydrogen) atoms. The minimum atomic E-state index is 0.594. The quantitative estimate of drug-likeness (QED) is 0.168. The molecule has 0 fully saturated rings. The fourth-order valence-corrected chi connectivity index (χ4v) is 10.5. The van der Waals surface area contributed by atoms with Crippen LogP contribution in [0.5, 0.6) is 0 Å². The first-order valence-electron chi connectivity index (χ1n) is 21.1. The minimum Gasteiger partial charge on any atom is -0.456 e. The van der Waals surface area contributed by atoms with Crippen molar-refractivity contribution in [3.63, 3.8) is 0 Å². The van der Waals surface area contributed by atoms with E-state index >= 15 is 0 Å². The van der Waals surface area contributed by atoms with Crippen molar-refractivity contribution in [1.29, 1.82) is 0 Å². The third-order valence-electron chi connectivity index (χ3n) is 12.3. The first kappa shape index (κ1) is 35.6. The van der Waals surface area contributed by atoms with E-state index in [0.29, 0.717) is 17.5 Å². The molecule has 5 nitrogen and oxygen atoms in total. The maximum absolute atomic E-state index is 6.67. The second kappa shape index (κ2) is 14.2. The van der Waals surface area contributed by atoms with Gasteiger partial charge in [0.2, 0.25) is 0 Å². The summed E-state index contributed by atoms with van der Waals surface area (Å²) >= 11 is 1.80. The number of aromatic nitrogens is 4. The molecule has 13 rings (SSSR count). The largest absolute Gasteiger partial charge is 0.456 e. The summed E-state index contributed by atoms with van der Waals surface area (Å²) in [6, 6.07) is 72.6. The number of fused-ring (bicyclic) bond motifs is 9. The van der Waals surface area contributed by atoms with E-state index in [2.05, 4.69) is 180 Å². The Morgan fingerprint density at radius 2 is 0.937 bits per heavy atom. The van der Waals surface area contributed by atoms with Crippen LogP contribution in [0, 0.1) is 0 Å². The molecule has 0 unspecified atom stereocenters. The number of benzene rings is 9. The standard InChI is InChI=1S/C57H34N4OS/c1-3-13-35(14-4-1)36-25-27-37(28-26-36)41-19-12-24-51-54(41)45-31-29-39(33-52(45)63-51)56-58-55(38-15-5-2-6-16-38)59-57(60-56)46-20-11-23-49-53(46)44-32-30-40(34-50(44)62-49)61-47-21-9-7-17-42(47)43-18-8-10-22-48(43)61/h1-34H. The van der Waals surface area contributed by atoms with Crippen molar-refractivity contribution < 1.29 is 4.42 Å². The number of nitrogens with zero attached hydrogens (tertiary/aromatic N) is 4. The third-order valence-corrected chi connectivity index (χ3v) is 13.4. The highest BCUT2D eigenvalue weighted by Gasteiger charge is 2.20. The molecule has 0 amide bonds. The van der Waals surface area contributed by atoms with Gasteiger partial charge in [-0.15, -0.1) is 11.3 Å². The number of hydrogen-bond acceptors (Lipinski definition) is 5. The van der Waals surface area contributed by atoms with Crippen molar-refractivity contribution in [2.75, 3.05) is 0 Å². The Bertz CT molecular complexity index is 3850. The molecular formula is C57H34N4OS. The predicted octanol–water partition coefficient (Wildman–Crippen LogP) is 15.6. The highest BCUT2D eigenvalue weighted by Crippen LogP contribution is 2.43. The summed E-state index contributed by atoms with van der Waals surface area (Å²) in [5.41, 5.74) is 12.5. The number of hydrogen-bond donors (Lipinski definition) is 0. The Hall–Kier alpha value is -8.19. The van der Waals surface area contributed by atoms with Gasteiger partial charge >= 0.3 is 0 Å². The Labute approximate surface area is 365 Å². The summed E-state index contributed by atoms with van der Waals surface area (Å²) in [6.45, 7) is 0. The Kier molecular flexibility index (Phi) is 8.01. The molecule has 0 aliphatic rings. The van der Waals surface area contributed by atoms with Crippen LogP contribution in [-0.2, 0) is 0 Å². The molecular weight excluding hydrogens is 789 g/mol. The van der Waals surface area contributed by atoms with Gasteiger partial charge in [0.05, 0.1) is 11.0 Å². The van der Waals surface area contributed by atoms with Crippen molar-refractivity contribution in [2.45, 2.75) is 0 Å². The molecule has 0 aliphatic heterocycles. The van der Waals surface area contributed by atoms with Crippen LogP contribution < -0.4 is 0 Å². The van der Waals surface area contributed by atoms with Crippen LogP contribution in [0.15, 0.2) is 211 Å². The summed E-state index contributed by atoms with van der Waals surface area (Å²) in [5.74, 6) is 1.83. The Morgan fingerprint density at radius 1 is 0.349 bits per heavy atom. The lowest BCUT2D eigenvalue weighted by atomic mass is 9.97. The molecule has 0 saturated heterocycles. The number of furan rings is 1. The summed E-state index contributed by atoms with van der Waals surface area (Å²) in [5, 5.41) is 6.90. The summed E-state index contributed by atoms with van der Waals surface area (Å²) in [4.78, 5) is 15.6. The van der Waals surface area contributed by atoms with Crippen LogP contribution in [0.4, 0.5) is 0 Å². The molecule has 0 aliphatic carbocycles. The zero-order valence-corrected chi connectivity index (χ0v) is 34.6. The molecule has 0 N–H and O–H groups in total. The lowest BCUT2D eigenvalue weighted by Gasteiger charge is -2.10. The Morgan fingerprint density at radius 3 is 1.70 bits per heavy atom. The molecule has 13 aromatic rings. The van der Waals surface area contributed by atoms with Gasteiger partial charge in [-0.1, -0.05) is 158 Å². The molecule has 0 radical (unpaired) electrons. The molecule has 0 bridgehead atoms. The topological polar surface area (TPSA) is 56.7 Å². The summed E-state index contributed by atoms with van der Waals surface area (Å²) in [6.07, 6.45) is 0. The molecule has 0 atom stereocenters. The third kappa shape index (κ3) is 5.80. The second-order valence-corrected chi connectivity index (χ2v) is 17.0.